The van der Waals surface area contributed by atoms with Crippen molar-refractivity contribution in [2.24, 2.45) is 29.6 Å². The Morgan fingerprint density at radius 3 is 2.15 bits per heavy atom. The molecule has 0 heterocycles. The molecular weight excluding hydrogens is 328 g/mol. The van der Waals surface area contributed by atoms with Gasteiger partial charge in [-0.05, 0) is 74.5 Å². The number of ether oxygens (including phenoxy) is 1. The lowest BCUT2D eigenvalue weighted by Crippen LogP contribution is -2.36. The Kier molecular flexibility index (Phi) is 11.1. The SMILES string of the molecule is CCCCCOC1CCC(C=CC2CCC(CCCCC)CC2)C(C)C1C. The summed E-state index contributed by atoms with van der Waals surface area (Å²) < 4.78 is 6.24. The number of unbranched alkanes of at least 4 members (excludes halogenated alkanes) is 4. The zero-order valence-corrected chi connectivity index (χ0v) is 18.9. The second-order valence-corrected chi connectivity index (χ2v) is 9.74. The molecule has 2 aliphatic rings. The van der Waals surface area contributed by atoms with Gasteiger partial charge < -0.3 is 4.74 Å². The van der Waals surface area contributed by atoms with E-state index in [2.05, 4.69) is 39.8 Å². The highest BCUT2D eigenvalue weighted by molar-refractivity contribution is 4.99. The summed E-state index contributed by atoms with van der Waals surface area (Å²) >= 11 is 0. The van der Waals surface area contributed by atoms with Gasteiger partial charge in [0.2, 0.25) is 0 Å². The topological polar surface area (TPSA) is 9.23 Å². The fourth-order valence-corrected chi connectivity index (χ4v) is 5.36. The smallest absolute Gasteiger partial charge is 0.0603 e. The Hall–Kier alpha value is -0.300. The lowest BCUT2D eigenvalue weighted by atomic mass is 9.71. The zero-order chi connectivity index (χ0) is 19.5. The summed E-state index contributed by atoms with van der Waals surface area (Å²) in [5.41, 5.74) is 0. The Labute approximate surface area is 170 Å². The first-order valence-electron chi connectivity index (χ1n) is 12.5. The van der Waals surface area contributed by atoms with Gasteiger partial charge in [-0.15, -0.1) is 0 Å². The van der Waals surface area contributed by atoms with Crippen molar-refractivity contribution in [1.82, 2.24) is 0 Å². The number of allylic oxidation sites excluding steroid dienone is 2. The fraction of sp³-hybridized carbons (Fsp3) is 0.923. The maximum absolute atomic E-state index is 6.24. The van der Waals surface area contributed by atoms with Gasteiger partial charge >= 0.3 is 0 Å². The van der Waals surface area contributed by atoms with Crippen molar-refractivity contribution in [3.05, 3.63) is 12.2 Å². The van der Waals surface area contributed by atoms with Gasteiger partial charge in [0, 0.05) is 6.61 Å². The third-order valence-corrected chi connectivity index (χ3v) is 7.69. The van der Waals surface area contributed by atoms with Gasteiger partial charge in [-0.25, -0.2) is 0 Å². The normalized spacial score (nSPS) is 35.0. The largest absolute Gasteiger partial charge is 0.378 e. The van der Waals surface area contributed by atoms with E-state index in [-0.39, 0.29) is 0 Å². The first kappa shape index (κ1) is 23.0. The molecule has 0 bridgehead atoms. The molecule has 4 atom stereocenters. The molecule has 0 N–H and O–H groups in total. The van der Waals surface area contributed by atoms with E-state index < -0.39 is 0 Å². The lowest BCUT2D eigenvalue weighted by molar-refractivity contribution is -0.0353. The van der Waals surface area contributed by atoms with Gasteiger partial charge in [0.15, 0.2) is 0 Å². The van der Waals surface area contributed by atoms with Crippen molar-refractivity contribution >= 4 is 0 Å². The second-order valence-electron chi connectivity index (χ2n) is 9.74. The molecule has 4 unspecified atom stereocenters. The van der Waals surface area contributed by atoms with Crippen molar-refractivity contribution in [1.29, 1.82) is 0 Å². The Morgan fingerprint density at radius 2 is 1.44 bits per heavy atom. The summed E-state index contributed by atoms with van der Waals surface area (Å²) in [5.74, 6) is 4.12. The highest BCUT2D eigenvalue weighted by Crippen LogP contribution is 2.38. The fourth-order valence-electron chi connectivity index (χ4n) is 5.36. The van der Waals surface area contributed by atoms with Crippen molar-refractivity contribution in [3.63, 3.8) is 0 Å². The van der Waals surface area contributed by atoms with Crippen LogP contribution in [0.1, 0.15) is 111 Å². The van der Waals surface area contributed by atoms with Gasteiger partial charge in [0.1, 0.15) is 0 Å². The Bertz CT molecular complexity index is 393. The first-order chi connectivity index (χ1) is 13.2. The molecule has 1 heteroatoms. The molecule has 0 aromatic carbocycles. The monoisotopic (exact) mass is 376 g/mol. The molecule has 158 valence electrons. The molecule has 2 rings (SSSR count). The maximum atomic E-state index is 6.24. The van der Waals surface area contributed by atoms with Crippen molar-refractivity contribution in [3.8, 4) is 0 Å². The number of rotatable bonds is 11. The van der Waals surface area contributed by atoms with E-state index in [0.29, 0.717) is 12.0 Å². The van der Waals surface area contributed by atoms with E-state index in [4.69, 9.17) is 4.74 Å². The summed E-state index contributed by atoms with van der Waals surface area (Å²) in [6, 6.07) is 0. The molecule has 0 saturated heterocycles. The average Bonchev–Trinajstić information content (AvgIpc) is 2.69. The average molecular weight is 377 g/mol. The molecule has 2 fully saturated rings. The predicted octanol–water partition coefficient (Wildman–Crippen LogP) is 8.19. The van der Waals surface area contributed by atoms with E-state index in [1.807, 2.05) is 0 Å². The van der Waals surface area contributed by atoms with Crippen molar-refractivity contribution < 1.29 is 4.74 Å². The maximum Gasteiger partial charge on any atom is 0.0603 e. The Morgan fingerprint density at radius 1 is 0.741 bits per heavy atom. The molecule has 2 saturated carbocycles. The standard InChI is InChI=1S/C26H48O/c1-5-7-9-11-23-12-14-24(15-13-23)16-17-25-18-19-26(22(4)21(25)3)27-20-10-8-6-2/h16-17,21-26H,5-15,18-20H2,1-4H3. The summed E-state index contributed by atoms with van der Waals surface area (Å²) in [6.07, 6.45) is 23.7. The van der Waals surface area contributed by atoms with Crippen LogP contribution in [0.3, 0.4) is 0 Å². The minimum Gasteiger partial charge on any atom is -0.378 e. The molecule has 0 radical (unpaired) electrons. The van der Waals surface area contributed by atoms with Crippen LogP contribution in [0.4, 0.5) is 0 Å². The summed E-state index contributed by atoms with van der Waals surface area (Å²) in [6.45, 7) is 10.4. The van der Waals surface area contributed by atoms with E-state index in [1.54, 1.807) is 0 Å². The van der Waals surface area contributed by atoms with E-state index >= 15 is 0 Å². The molecule has 0 spiro atoms. The van der Waals surface area contributed by atoms with Gasteiger partial charge in [-0.2, -0.15) is 0 Å². The minimum absolute atomic E-state index is 0.500. The third kappa shape index (κ3) is 7.92. The lowest BCUT2D eigenvalue weighted by Gasteiger charge is -2.39. The molecule has 1 nitrogen and oxygen atoms in total. The van der Waals surface area contributed by atoms with Gasteiger partial charge in [-0.3, -0.25) is 0 Å². The van der Waals surface area contributed by atoms with E-state index in [1.165, 1.54) is 83.5 Å². The first-order valence-corrected chi connectivity index (χ1v) is 12.5. The van der Waals surface area contributed by atoms with Crippen molar-refractivity contribution in [2.75, 3.05) is 6.61 Å². The predicted molar refractivity (Wildman–Crippen MR) is 119 cm³/mol. The van der Waals surface area contributed by atoms with Crippen LogP contribution in [0.5, 0.6) is 0 Å². The van der Waals surface area contributed by atoms with Crippen LogP contribution in [0.2, 0.25) is 0 Å². The van der Waals surface area contributed by atoms with Gasteiger partial charge in [0.25, 0.3) is 0 Å². The third-order valence-electron chi connectivity index (χ3n) is 7.69. The van der Waals surface area contributed by atoms with Crippen LogP contribution in [0, 0.1) is 29.6 Å². The second kappa shape index (κ2) is 13.0. The highest BCUT2D eigenvalue weighted by atomic mass is 16.5. The van der Waals surface area contributed by atoms with Crippen LogP contribution in [0.25, 0.3) is 0 Å². The summed E-state index contributed by atoms with van der Waals surface area (Å²) in [4.78, 5) is 0. The van der Waals surface area contributed by atoms with Gasteiger partial charge in [0.05, 0.1) is 6.10 Å². The number of hydrogen-bond acceptors (Lipinski definition) is 1. The van der Waals surface area contributed by atoms with Gasteiger partial charge in [-0.1, -0.05) is 78.4 Å². The molecule has 27 heavy (non-hydrogen) atoms. The molecule has 0 aromatic heterocycles. The van der Waals surface area contributed by atoms with Crippen LogP contribution < -0.4 is 0 Å². The van der Waals surface area contributed by atoms with Crippen LogP contribution in [0.15, 0.2) is 12.2 Å². The zero-order valence-electron chi connectivity index (χ0n) is 18.9. The molecule has 2 aliphatic carbocycles. The van der Waals surface area contributed by atoms with E-state index in [0.717, 1.165) is 30.3 Å². The molecule has 0 aliphatic heterocycles. The quantitative estimate of drug-likeness (QED) is 0.261. The molecule has 0 aromatic rings. The summed E-state index contributed by atoms with van der Waals surface area (Å²) in [5, 5.41) is 0. The highest BCUT2D eigenvalue weighted by Gasteiger charge is 2.33. The van der Waals surface area contributed by atoms with Crippen LogP contribution in [-0.4, -0.2) is 12.7 Å². The van der Waals surface area contributed by atoms with Crippen LogP contribution >= 0.6 is 0 Å². The number of hydrogen-bond donors (Lipinski definition) is 0. The Balaban J connectivity index is 1.68. The molecular formula is C26H48O. The van der Waals surface area contributed by atoms with Crippen LogP contribution in [-0.2, 0) is 4.74 Å². The van der Waals surface area contributed by atoms with E-state index in [9.17, 15) is 0 Å². The van der Waals surface area contributed by atoms with Crippen molar-refractivity contribution in [2.45, 2.75) is 117 Å². The molecule has 0 amide bonds. The minimum atomic E-state index is 0.500. The summed E-state index contributed by atoms with van der Waals surface area (Å²) in [7, 11) is 0.